The summed E-state index contributed by atoms with van der Waals surface area (Å²) in [6.45, 7) is 1.94. The van der Waals surface area contributed by atoms with Crippen molar-refractivity contribution in [2.45, 2.75) is 25.8 Å². The number of amides is 2. The molecule has 1 saturated heterocycles. The first-order valence-corrected chi connectivity index (χ1v) is 6.39. The molecule has 0 saturated carbocycles. The van der Waals surface area contributed by atoms with Crippen molar-refractivity contribution in [1.29, 1.82) is 0 Å². The smallest absolute Gasteiger partial charge is 0.249 e. The summed E-state index contributed by atoms with van der Waals surface area (Å²) in [4.78, 5) is 23.1. The van der Waals surface area contributed by atoms with Crippen molar-refractivity contribution >= 4 is 34.7 Å². The topological polar surface area (TPSA) is 84.2 Å². The molecular formula is C13H15N3O2S. The summed E-state index contributed by atoms with van der Waals surface area (Å²) in [7, 11) is 0. The molecule has 19 heavy (non-hydrogen) atoms. The van der Waals surface area contributed by atoms with Gasteiger partial charge in [-0.1, -0.05) is 18.3 Å². The van der Waals surface area contributed by atoms with Crippen LogP contribution < -0.4 is 16.4 Å². The summed E-state index contributed by atoms with van der Waals surface area (Å²) < 4.78 is 0. The highest BCUT2D eigenvalue weighted by Crippen LogP contribution is 2.20. The van der Waals surface area contributed by atoms with Crippen LogP contribution >= 0.6 is 12.2 Å². The quantitative estimate of drug-likeness (QED) is 0.563. The molecule has 1 unspecified atom stereocenters. The molecule has 0 aromatic heterocycles. The minimum atomic E-state index is -0.437. The highest BCUT2D eigenvalue weighted by Gasteiger charge is 2.26. The predicted molar refractivity (Wildman–Crippen MR) is 76.9 cm³/mol. The molecule has 5 nitrogen and oxygen atoms in total. The van der Waals surface area contributed by atoms with Gasteiger partial charge in [0.15, 0.2) is 0 Å². The highest BCUT2D eigenvalue weighted by atomic mass is 32.1. The van der Waals surface area contributed by atoms with Gasteiger partial charge in [-0.25, -0.2) is 0 Å². The summed E-state index contributed by atoms with van der Waals surface area (Å²) in [5, 5.41) is 5.42. The molecule has 2 amide bonds. The van der Waals surface area contributed by atoms with Crippen LogP contribution in [0.5, 0.6) is 0 Å². The van der Waals surface area contributed by atoms with E-state index in [9.17, 15) is 9.59 Å². The van der Waals surface area contributed by atoms with Crippen molar-refractivity contribution in [1.82, 2.24) is 5.32 Å². The number of carbonyl (C=O) groups is 2. The molecule has 2 rings (SSSR count). The van der Waals surface area contributed by atoms with Crippen molar-refractivity contribution < 1.29 is 9.59 Å². The fourth-order valence-corrected chi connectivity index (χ4v) is 2.19. The van der Waals surface area contributed by atoms with Crippen LogP contribution in [0.15, 0.2) is 18.2 Å². The predicted octanol–water partition coefficient (Wildman–Crippen LogP) is 0.846. The zero-order valence-corrected chi connectivity index (χ0v) is 11.3. The Morgan fingerprint density at radius 1 is 1.47 bits per heavy atom. The van der Waals surface area contributed by atoms with Crippen molar-refractivity contribution in [3.05, 3.63) is 29.3 Å². The lowest BCUT2D eigenvalue weighted by Crippen LogP contribution is -2.47. The Balaban J connectivity index is 2.23. The Morgan fingerprint density at radius 3 is 2.84 bits per heavy atom. The van der Waals surface area contributed by atoms with E-state index < -0.39 is 6.04 Å². The fraction of sp³-hybridized carbons (Fsp3) is 0.308. The minimum absolute atomic E-state index is 0.234. The molecule has 1 aromatic carbocycles. The SMILES string of the molecule is Cc1ccc(C(N)=S)c(NC2CCC(=O)NC2=O)c1. The molecule has 6 heteroatoms. The number of benzene rings is 1. The maximum absolute atomic E-state index is 11.7. The van der Waals surface area contributed by atoms with E-state index in [1.807, 2.05) is 25.1 Å². The third-order valence-corrected chi connectivity index (χ3v) is 3.23. The zero-order valence-electron chi connectivity index (χ0n) is 10.5. The summed E-state index contributed by atoms with van der Waals surface area (Å²) in [5.41, 5.74) is 8.12. The molecule has 0 spiro atoms. The number of aryl methyl sites for hydroxylation is 1. The Labute approximate surface area is 116 Å². The van der Waals surface area contributed by atoms with E-state index in [0.717, 1.165) is 11.3 Å². The summed E-state index contributed by atoms with van der Waals surface area (Å²) in [5.74, 6) is -0.548. The number of nitrogens with one attached hydrogen (secondary N) is 2. The second-order valence-electron chi connectivity index (χ2n) is 4.56. The number of imide groups is 1. The van der Waals surface area contributed by atoms with Crippen LogP contribution in [-0.4, -0.2) is 22.8 Å². The molecule has 0 aliphatic carbocycles. The molecular weight excluding hydrogens is 262 g/mol. The van der Waals surface area contributed by atoms with Gasteiger partial charge in [0.05, 0.1) is 0 Å². The molecule has 0 radical (unpaired) electrons. The van der Waals surface area contributed by atoms with E-state index in [2.05, 4.69) is 10.6 Å². The first-order chi connectivity index (χ1) is 8.97. The van der Waals surface area contributed by atoms with Gasteiger partial charge >= 0.3 is 0 Å². The van der Waals surface area contributed by atoms with Crippen LogP contribution in [0.4, 0.5) is 5.69 Å². The normalized spacial score (nSPS) is 18.9. The lowest BCUT2D eigenvalue weighted by Gasteiger charge is -2.24. The largest absolute Gasteiger partial charge is 0.389 e. The number of rotatable bonds is 3. The average molecular weight is 277 g/mol. The van der Waals surface area contributed by atoms with Crippen molar-refractivity contribution in [3.63, 3.8) is 0 Å². The van der Waals surface area contributed by atoms with Crippen LogP contribution in [0.25, 0.3) is 0 Å². The average Bonchev–Trinajstić information content (AvgIpc) is 2.32. The lowest BCUT2D eigenvalue weighted by molar-refractivity contribution is -0.133. The van der Waals surface area contributed by atoms with E-state index in [-0.39, 0.29) is 16.8 Å². The van der Waals surface area contributed by atoms with Gasteiger partial charge in [0.25, 0.3) is 0 Å². The molecule has 1 aliphatic heterocycles. The van der Waals surface area contributed by atoms with E-state index in [0.29, 0.717) is 18.4 Å². The Morgan fingerprint density at radius 2 is 2.21 bits per heavy atom. The summed E-state index contributed by atoms with van der Waals surface area (Å²) in [6.07, 6.45) is 0.799. The molecule has 0 bridgehead atoms. The standard InChI is InChI=1S/C13H15N3O2S/c1-7-2-3-8(12(14)19)10(6-7)15-9-4-5-11(17)16-13(9)18/h2-3,6,9,15H,4-5H2,1H3,(H2,14,19)(H,16,17,18). The number of carbonyl (C=O) groups excluding carboxylic acids is 2. The highest BCUT2D eigenvalue weighted by molar-refractivity contribution is 7.80. The van der Waals surface area contributed by atoms with E-state index >= 15 is 0 Å². The number of nitrogens with two attached hydrogens (primary N) is 1. The first-order valence-electron chi connectivity index (χ1n) is 5.98. The molecule has 4 N–H and O–H groups in total. The van der Waals surface area contributed by atoms with Gasteiger partial charge < -0.3 is 11.1 Å². The number of hydrogen-bond acceptors (Lipinski definition) is 4. The molecule has 1 heterocycles. The first kappa shape index (κ1) is 13.5. The second-order valence-corrected chi connectivity index (χ2v) is 5.00. The molecule has 1 aliphatic rings. The molecule has 100 valence electrons. The van der Waals surface area contributed by atoms with E-state index in [1.165, 1.54) is 0 Å². The maximum atomic E-state index is 11.7. The summed E-state index contributed by atoms with van der Waals surface area (Å²) in [6, 6.07) is 5.18. The number of hydrogen-bond donors (Lipinski definition) is 3. The lowest BCUT2D eigenvalue weighted by atomic mass is 10.0. The van der Waals surface area contributed by atoms with Gasteiger partial charge in [0.2, 0.25) is 11.8 Å². The van der Waals surface area contributed by atoms with Crippen molar-refractivity contribution in [3.8, 4) is 0 Å². The second kappa shape index (κ2) is 5.36. The Hall–Kier alpha value is -1.95. The number of piperidine rings is 1. The van der Waals surface area contributed by atoms with E-state index in [4.69, 9.17) is 18.0 Å². The van der Waals surface area contributed by atoms with Gasteiger partial charge in [-0.15, -0.1) is 0 Å². The van der Waals surface area contributed by atoms with Gasteiger partial charge in [-0.05, 0) is 31.0 Å². The zero-order chi connectivity index (χ0) is 14.0. The third-order valence-electron chi connectivity index (χ3n) is 3.01. The summed E-state index contributed by atoms with van der Waals surface area (Å²) >= 11 is 4.99. The maximum Gasteiger partial charge on any atom is 0.249 e. The van der Waals surface area contributed by atoms with Gasteiger partial charge in [-0.3, -0.25) is 14.9 Å². The number of anilines is 1. The third kappa shape index (κ3) is 3.08. The van der Waals surface area contributed by atoms with Crippen LogP contribution in [0.3, 0.4) is 0 Å². The van der Waals surface area contributed by atoms with Crippen molar-refractivity contribution in [2.75, 3.05) is 5.32 Å². The van der Waals surface area contributed by atoms with Crippen molar-refractivity contribution in [2.24, 2.45) is 5.73 Å². The van der Waals surface area contributed by atoms with Crippen LogP contribution in [0, 0.1) is 6.92 Å². The van der Waals surface area contributed by atoms with Gasteiger partial charge in [-0.2, -0.15) is 0 Å². The number of thiocarbonyl (C=S) groups is 1. The van der Waals surface area contributed by atoms with Crippen LogP contribution in [0.1, 0.15) is 24.0 Å². The van der Waals surface area contributed by atoms with Gasteiger partial charge in [0, 0.05) is 17.7 Å². The molecule has 1 atom stereocenters. The van der Waals surface area contributed by atoms with E-state index in [1.54, 1.807) is 0 Å². The minimum Gasteiger partial charge on any atom is -0.389 e. The van der Waals surface area contributed by atoms with Crippen LogP contribution in [0.2, 0.25) is 0 Å². The van der Waals surface area contributed by atoms with Crippen LogP contribution in [-0.2, 0) is 9.59 Å². The molecule has 1 fully saturated rings. The Bertz CT molecular complexity index is 557. The monoisotopic (exact) mass is 277 g/mol. The molecule has 1 aromatic rings. The fourth-order valence-electron chi connectivity index (χ4n) is 2.01. The van der Waals surface area contributed by atoms with Gasteiger partial charge in [0.1, 0.15) is 11.0 Å². The Kier molecular flexibility index (Phi) is 3.80.